The number of aromatic nitrogens is 2. The molecule has 1 aromatic heterocycles. The Morgan fingerprint density at radius 1 is 0.800 bits per heavy atom. The maximum atomic E-state index is 4.37. The molecule has 1 N–H and O–H groups in total. The van der Waals surface area contributed by atoms with Crippen molar-refractivity contribution in [2.45, 2.75) is 6.92 Å². The quantitative estimate of drug-likeness (QED) is 0.768. The molecule has 1 heterocycles. The predicted molar refractivity (Wildman–Crippen MR) is 81.9 cm³/mol. The first-order valence-corrected chi connectivity index (χ1v) is 6.53. The molecule has 2 aromatic carbocycles. The van der Waals surface area contributed by atoms with Crippen molar-refractivity contribution in [2.75, 3.05) is 5.32 Å². The lowest BCUT2D eigenvalue weighted by molar-refractivity contribution is 1.17. The van der Waals surface area contributed by atoms with Gasteiger partial charge < -0.3 is 5.32 Å². The summed E-state index contributed by atoms with van der Waals surface area (Å²) in [4.78, 5) is 8.74. The predicted octanol–water partition coefficient (Wildman–Crippen LogP) is 4.20. The second-order valence-electron chi connectivity index (χ2n) is 4.60. The summed E-state index contributed by atoms with van der Waals surface area (Å²) in [5.41, 5.74) is 4.40. The maximum absolute atomic E-state index is 4.37. The highest BCUT2D eigenvalue weighted by Gasteiger charge is 2.03. The Hall–Kier alpha value is -2.68. The van der Waals surface area contributed by atoms with Crippen LogP contribution in [-0.4, -0.2) is 9.97 Å². The maximum Gasteiger partial charge on any atom is 0.227 e. The number of hydrogen-bond acceptors (Lipinski definition) is 3. The van der Waals surface area contributed by atoms with Crippen LogP contribution in [-0.2, 0) is 0 Å². The lowest BCUT2D eigenvalue weighted by Gasteiger charge is -2.07. The van der Waals surface area contributed by atoms with Crippen LogP contribution in [0.3, 0.4) is 0 Å². The van der Waals surface area contributed by atoms with Crippen molar-refractivity contribution >= 4 is 11.6 Å². The van der Waals surface area contributed by atoms with Gasteiger partial charge in [0.1, 0.15) is 0 Å². The van der Waals surface area contributed by atoms with Crippen LogP contribution in [0.25, 0.3) is 11.1 Å². The van der Waals surface area contributed by atoms with Crippen LogP contribution < -0.4 is 5.32 Å². The number of hydrogen-bond donors (Lipinski definition) is 1. The van der Waals surface area contributed by atoms with Gasteiger partial charge in [0.25, 0.3) is 0 Å². The second-order valence-corrected chi connectivity index (χ2v) is 4.60. The van der Waals surface area contributed by atoms with Gasteiger partial charge in [-0.2, -0.15) is 0 Å². The van der Waals surface area contributed by atoms with Crippen LogP contribution in [0.15, 0.2) is 67.0 Å². The molecule has 0 atom stereocenters. The van der Waals surface area contributed by atoms with Crippen LogP contribution in [0.2, 0.25) is 0 Å². The SMILES string of the molecule is Cc1ccccc1-c1cnc(Nc2ccccc2)nc1. The molecule has 0 saturated carbocycles. The first-order valence-electron chi connectivity index (χ1n) is 6.53. The lowest BCUT2D eigenvalue weighted by Crippen LogP contribution is -1.96. The molecule has 0 spiro atoms. The van der Waals surface area contributed by atoms with E-state index in [0.717, 1.165) is 11.3 Å². The molecule has 0 aliphatic heterocycles. The molecule has 98 valence electrons. The fourth-order valence-electron chi connectivity index (χ4n) is 2.08. The zero-order valence-electron chi connectivity index (χ0n) is 11.2. The molecule has 0 saturated heterocycles. The molecule has 0 bridgehead atoms. The van der Waals surface area contributed by atoms with E-state index in [-0.39, 0.29) is 0 Å². The number of para-hydroxylation sites is 1. The van der Waals surface area contributed by atoms with Gasteiger partial charge in [0.05, 0.1) is 0 Å². The van der Waals surface area contributed by atoms with E-state index in [2.05, 4.69) is 34.3 Å². The van der Waals surface area contributed by atoms with Gasteiger partial charge in [-0.1, -0.05) is 42.5 Å². The lowest BCUT2D eigenvalue weighted by atomic mass is 10.0. The summed E-state index contributed by atoms with van der Waals surface area (Å²) in [7, 11) is 0. The molecule has 0 aliphatic carbocycles. The van der Waals surface area contributed by atoms with E-state index >= 15 is 0 Å². The second kappa shape index (κ2) is 5.53. The molecule has 0 unspecified atom stereocenters. The monoisotopic (exact) mass is 261 g/mol. The van der Waals surface area contributed by atoms with E-state index in [0.29, 0.717) is 5.95 Å². The summed E-state index contributed by atoms with van der Waals surface area (Å²) < 4.78 is 0. The third kappa shape index (κ3) is 2.67. The summed E-state index contributed by atoms with van der Waals surface area (Å²) in [6.45, 7) is 2.09. The Balaban J connectivity index is 1.83. The van der Waals surface area contributed by atoms with E-state index < -0.39 is 0 Å². The van der Waals surface area contributed by atoms with Crippen molar-refractivity contribution in [2.24, 2.45) is 0 Å². The smallest absolute Gasteiger partial charge is 0.227 e. The van der Waals surface area contributed by atoms with Gasteiger partial charge in [-0.05, 0) is 30.2 Å². The van der Waals surface area contributed by atoms with E-state index in [1.54, 1.807) is 0 Å². The molecule has 0 amide bonds. The van der Waals surface area contributed by atoms with Crippen molar-refractivity contribution in [3.8, 4) is 11.1 Å². The Morgan fingerprint density at radius 2 is 1.45 bits per heavy atom. The van der Waals surface area contributed by atoms with Crippen molar-refractivity contribution < 1.29 is 0 Å². The van der Waals surface area contributed by atoms with Crippen molar-refractivity contribution in [1.29, 1.82) is 0 Å². The highest BCUT2D eigenvalue weighted by molar-refractivity contribution is 5.66. The topological polar surface area (TPSA) is 37.8 Å². The Kier molecular flexibility index (Phi) is 3.42. The fraction of sp³-hybridized carbons (Fsp3) is 0.0588. The average Bonchev–Trinajstić information content (AvgIpc) is 2.50. The normalized spacial score (nSPS) is 10.2. The molecule has 3 rings (SSSR count). The first-order chi connectivity index (χ1) is 9.83. The summed E-state index contributed by atoms with van der Waals surface area (Å²) in [5, 5.41) is 3.17. The van der Waals surface area contributed by atoms with Crippen LogP contribution in [0.5, 0.6) is 0 Å². The third-order valence-corrected chi connectivity index (χ3v) is 3.14. The average molecular weight is 261 g/mol. The van der Waals surface area contributed by atoms with Crippen molar-refractivity contribution in [3.63, 3.8) is 0 Å². The van der Waals surface area contributed by atoms with Crippen molar-refractivity contribution in [1.82, 2.24) is 9.97 Å². The molecule has 0 aliphatic rings. The minimum Gasteiger partial charge on any atom is -0.324 e. The minimum absolute atomic E-state index is 0.605. The zero-order chi connectivity index (χ0) is 13.8. The zero-order valence-corrected chi connectivity index (χ0v) is 11.2. The van der Waals surface area contributed by atoms with Gasteiger partial charge in [-0.15, -0.1) is 0 Å². The molecule has 3 aromatic rings. The standard InChI is InChI=1S/C17H15N3/c1-13-7-5-6-10-16(13)14-11-18-17(19-12-14)20-15-8-3-2-4-9-15/h2-12H,1H3,(H,18,19,20). The number of rotatable bonds is 3. The molecular weight excluding hydrogens is 246 g/mol. The van der Waals surface area contributed by atoms with Gasteiger partial charge in [0.15, 0.2) is 0 Å². The highest BCUT2D eigenvalue weighted by Crippen LogP contribution is 2.22. The summed E-state index contributed by atoms with van der Waals surface area (Å²) in [5.74, 6) is 0.605. The molecule has 3 heteroatoms. The molecule has 0 radical (unpaired) electrons. The van der Waals surface area contributed by atoms with Crippen LogP contribution in [0, 0.1) is 6.92 Å². The van der Waals surface area contributed by atoms with Gasteiger partial charge in [-0.25, -0.2) is 9.97 Å². The summed E-state index contributed by atoms with van der Waals surface area (Å²) in [6.07, 6.45) is 3.70. The van der Waals surface area contributed by atoms with E-state index in [1.807, 2.05) is 54.9 Å². The van der Waals surface area contributed by atoms with Gasteiger partial charge in [0.2, 0.25) is 5.95 Å². The molecule has 0 fully saturated rings. The Bertz CT molecular complexity index is 691. The van der Waals surface area contributed by atoms with Crippen LogP contribution >= 0.6 is 0 Å². The minimum atomic E-state index is 0.605. The van der Waals surface area contributed by atoms with Crippen LogP contribution in [0.1, 0.15) is 5.56 Å². The van der Waals surface area contributed by atoms with Crippen molar-refractivity contribution in [3.05, 3.63) is 72.6 Å². The Morgan fingerprint density at radius 3 is 2.15 bits per heavy atom. The molecular formula is C17H15N3. The third-order valence-electron chi connectivity index (χ3n) is 3.14. The number of nitrogens with one attached hydrogen (secondary N) is 1. The highest BCUT2D eigenvalue weighted by atomic mass is 15.1. The molecule has 3 nitrogen and oxygen atoms in total. The van der Waals surface area contributed by atoms with Gasteiger partial charge in [-0.3, -0.25) is 0 Å². The number of aryl methyl sites for hydroxylation is 1. The fourth-order valence-corrected chi connectivity index (χ4v) is 2.08. The molecule has 20 heavy (non-hydrogen) atoms. The van der Waals surface area contributed by atoms with E-state index in [1.165, 1.54) is 11.1 Å². The first kappa shape index (κ1) is 12.4. The Labute approximate surface area is 118 Å². The van der Waals surface area contributed by atoms with Gasteiger partial charge >= 0.3 is 0 Å². The number of nitrogens with zero attached hydrogens (tertiary/aromatic N) is 2. The van der Waals surface area contributed by atoms with Crippen LogP contribution in [0.4, 0.5) is 11.6 Å². The summed E-state index contributed by atoms with van der Waals surface area (Å²) in [6, 6.07) is 18.1. The van der Waals surface area contributed by atoms with E-state index in [4.69, 9.17) is 0 Å². The van der Waals surface area contributed by atoms with Gasteiger partial charge in [0, 0.05) is 23.6 Å². The van der Waals surface area contributed by atoms with E-state index in [9.17, 15) is 0 Å². The summed E-state index contributed by atoms with van der Waals surface area (Å²) >= 11 is 0. The number of anilines is 2. The number of benzene rings is 2. The largest absolute Gasteiger partial charge is 0.324 e.